The fraction of sp³-hybridized carbons (Fsp3) is 0.176. The number of nitrogens with one attached hydrogen (secondary N) is 1. The zero-order chi connectivity index (χ0) is 15.7. The molecule has 22 heavy (non-hydrogen) atoms. The highest BCUT2D eigenvalue weighted by atomic mass is 19.1. The van der Waals surface area contributed by atoms with Crippen LogP contribution in [-0.4, -0.2) is 16.8 Å². The second kappa shape index (κ2) is 5.26. The van der Waals surface area contributed by atoms with Gasteiger partial charge in [-0.15, -0.1) is 0 Å². The van der Waals surface area contributed by atoms with Crippen LogP contribution in [0.3, 0.4) is 0 Å². The normalized spacial score (nSPS) is 21.1. The topological polar surface area (TPSA) is 49.4 Å². The van der Waals surface area contributed by atoms with E-state index in [2.05, 4.69) is 5.32 Å². The van der Waals surface area contributed by atoms with Crippen molar-refractivity contribution >= 4 is 11.9 Å². The summed E-state index contributed by atoms with van der Waals surface area (Å²) in [6, 6.07) is 14.5. The molecule has 3 amide bonds. The molecule has 3 rings (SSSR count). The molecule has 1 aliphatic heterocycles. The summed E-state index contributed by atoms with van der Waals surface area (Å²) in [6.07, 6.45) is 0. The number of imide groups is 1. The average Bonchev–Trinajstić information content (AvgIpc) is 2.73. The Balaban J connectivity index is 1.89. The standard InChI is InChI=1S/C17H15FN2O2/c1-17(13-7-3-2-4-8-13)15(21)20(16(22)19-17)11-12-6-5-9-14(18)10-12/h2-10H,11H2,1H3,(H,19,22)/t17-/m1/s1. The van der Waals surface area contributed by atoms with Gasteiger partial charge >= 0.3 is 6.03 Å². The summed E-state index contributed by atoms with van der Waals surface area (Å²) in [6.45, 7) is 1.72. The third-order valence-corrected chi connectivity index (χ3v) is 3.86. The van der Waals surface area contributed by atoms with Crippen LogP contribution in [0.5, 0.6) is 0 Å². The molecule has 0 unspecified atom stereocenters. The summed E-state index contributed by atoms with van der Waals surface area (Å²) in [7, 11) is 0. The lowest BCUT2D eigenvalue weighted by molar-refractivity contribution is -0.131. The second-order valence-corrected chi connectivity index (χ2v) is 5.44. The summed E-state index contributed by atoms with van der Waals surface area (Å²) in [5.41, 5.74) is 0.196. The Labute approximate surface area is 127 Å². The summed E-state index contributed by atoms with van der Waals surface area (Å²) < 4.78 is 13.2. The van der Waals surface area contributed by atoms with Crippen LogP contribution in [0, 0.1) is 5.82 Å². The van der Waals surface area contributed by atoms with Crippen molar-refractivity contribution in [2.75, 3.05) is 0 Å². The molecule has 2 aromatic carbocycles. The fourth-order valence-electron chi connectivity index (χ4n) is 2.63. The van der Waals surface area contributed by atoms with Crippen molar-refractivity contribution in [2.24, 2.45) is 0 Å². The number of halogens is 1. The Morgan fingerprint density at radius 2 is 1.82 bits per heavy atom. The van der Waals surface area contributed by atoms with Crippen molar-refractivity contribution in [1.29, 1.82) is 0 Å². The molecule has 2 aromatic rings. The van der Waals surface area contributed by atoms with Crippen molar-refractivity contribution in [3.63, 3.8) is 0 Å². The predicted molar refractivity (Wildman–Crippen MR) is 79.3 cm³/mol. The summed E-state index contributed by atoms with van der Waals surface area (Å²) in [5.74, 6) is -0.733. The number of amides is 3. The molecule has 0 radical (unpaired) electrons. The van der Waals surface area contributed by atoms with Gasteiger partial charge in [0.15, 0.2) is 0 Å². The Morgan fingerprint density at radius 3 is 2.50 bits per heavy atom. The van der Waals surface area contributed by atoms with Crippen LogP contribution in [0.25, 0.3) is 0 Å². The number of urea groups is 1. The van der Waals surface area contributed by atoms with Crippen molar-refractivity contribution in [2.45, 2.75) is 19.0 Å². The Kier molecular flexibility index (Phi) is 3.41. The lowest BCUT2D eigenvalue weighted by Crippen LogP contribution is -2.40. The Hall–Kier alpha value is -2.69. The number of carbonyl (C=O) groups excluding carboxylic acids is 2. The van der Waals surface area contributed by atoms with Gasteiger partial charge in [0.25, 0.3) is 5.91 Å². The maximum Gasteiger partial charge on any atom is 0.325 e. The lowest BCUT2D eigenvalue weighted by Gasteiger charge is -2.22. The van der Waals surface area contributed by atoms with E-state index in [1.54, 1.807) is 31.2 Å². The second-order valence-electron chi connectivity index (χ2n) is 5.44. The maximum atomic E-state index is 13.2. The minimum absolute atomic E-state index is 0.0465. The highest BCUT2D eigenvalue weighted by Crippen LogP contribution is 2.29. The van der Waals surface area contributed by atoms with E-state index in [4.69, 9.17) is 0 Å². The Bertz CT molecular complexity index is 732. The highest BCUT2D eigenvalue weighted by molar-refractivity contribution is 6.07. The van der Waals surface area contributed by atoms with Gasteiger partial charge < -0.3 is 5.32 Å². The predicted octanol–water partition coefficient (Wildman–Crippen LogP) is 2.79. The smallest absolute Gasteiger partial charge is 0.319 e. The number of nitrogens with zero attached hydrogens (tertiary/aromatic N) is 1. The van der Waals surface area contributed by atoms with Crippen LogP contribution in [0.2, 0.25) is 0 Å². The number of benzene rings is 2. The number of hydrogen-bond donors (Lipinski definition) is 1. The molecule has 1 N–H and O–H groups in total. The summed E-state index contributed by atoms with van der Waals surface area (Å²) in [4.78, 5) is 26.0. The third-order valence-electron chi connectivity index (χ3n) is 3.86. The molecule has 0 aromatic heterocycles. The van der Waals surface area contributed by atoms with Crippen LogP contribution in [0.1, 0.15) is 18.1 Å². The molecule has 0 aliphatic carbocycles. The molecule has 1 aliphatic rings. The first-order valence-electron chi connectivity index (χ1n) is 6.95. The van der Waals surface area contributed by atoms with Gasteiger partial charge in [0.2, 0.25) is 0 Å². The lowest BCUT2D eigenvalue weighted by atomic mass is 9.92. The van der Waals surface area contributed by atoms with Gasteiger partial charge in [0.05, 0.1) is 6.54 Å². The first-order valence-corrected chi connectivity index (χ1v) is 6.95. The van der Waals surface area contributed by atoms with Gasteiger partial charge in [-0.3, -0.25) is 9.69 Å². The minimum atomic E-state index is -1.09. The molecular weight excluding hydrogens is 283 g/mol. The van der Waals surface area contributed by atoms with Gasteiger partial charge in [0.1, 0.15) is 11.4 Å². The molecule has 0 saturated carbocycles. The minimum Gasteiger partial charge on any atom is -0.319 e. The van der Waals surface area contributed by atoms with Crippen LogP contribution in [-0.2, 0) is 16.9 Å². The van der Waals surface area contributed by atoms with E-state index in [0.29, 0.717) is 5.56 Å². The summed E-state index contributed by atoms with van der Waals surface area (Å²) >= 11 is 0. The SMILES string of the molecule is C[C@]1(c2ccccc2)NC(=O)N(Cc2cccc(F)c2)C1=O. The zero-order valence-corrected chi connectivity index (χ0v) is 12.0. The van der Waals surface area contributed by atoms with Gasteiger partial charge in [-0.2, -0.15) is 0 Å². The van der Waals surface area contributed by atoms with Crippen LogP contribution >= 0.6 is 0 Å². The molecule has 1 saturated heterocycles. The number of rotatable bonds is 3. The maximum absolute atomic E-state index is 13.2. The van der Waals surface area contributed by atoms with Crippen LogP contribution in [0.4, 0.5) is 9.18 Å². The van der Waals surface area contributed by atoms with E-state index in [0.717, 1.165) is 10.5 Å². The van der Waals surface area contributed by atoms with Crippen LogP contribution < -0.4 is 5.32 Å². The number of hydrogen-bond acceptors (Lipinski definition) is 2. The van der Waals surface area contributed by atoms with E-state index in [1.807, 2.05) is 18.2 Å². The zero-order valence-electron chi connectivity index (χ0n) is 12.0. The quantitative estimate of drug-likeness (QED) is 0.886. The van der Waals surface area contributed by atoms with Crippen molar-refractivity contribution in [3.05, 3.63) is 71.5 Å². The Morgan fingerprint density at radius 1 is 1.09 bits per heavy atom. The molecule has 5 heteroatoms. The summed E-state index contributed by atoms with van der Waals surface area (Å²) in [5, 5.41) is 2.72. The van der Waals surface area contributed by atoms with E-state index < -0.39 is 17.4 Å². The molecule has 4 nitrogen and oxygen atoms in total. The average molecular weight is 298 g/mol. The van der Waals surface area contributed by atoms with Crippen molar-refractivity contribution in [3.8, 4) is 0 Å². The molecule has 0 spiro atoms. The van der Waals surface area contributed by atoms with Gasteiger partial charge in [-0.1, -0.05) is 42.5 Å². The fourth-order valence-corrected chi connectivity index (χ4v) is 2.63. The van der Waals surface area contributed by atoms with Crippen molar-refractivity contribution < 1.29 is 14.0 Å². The van der Waals surface area contributed by atoms with E-state index >= 15 is 0 Å². The van der Waals surface area contributed by atoms with Gasteiger partial charge in [-0.05, 0) is 30.2 Å². The number of carbonyl (C=O) groups is 2. The van der Waals surface area contributed by atoms with E-state index in [-0.39, 0.29) is 12.5 Å². The van der Waals surface area contributed by atoms with Crippen LogP contribution in [0.15, 0.2) is 54.6 Å². The largest absolute Gasteiger partial charge is 0.325 e. The van der Waals surface area contributed by atoms with E-state index in [1.165, 1.54) is 12.1 Å². The monoisotopic (exact) mass is 298 g/mol. The molecule has 1 fully saturated rings. The third kappa shape index (κ3) is 2.35. The van der Waals surface area contributed by atoms with Crippen molar-refractivity contribution in [1.82, 2.24) is 10.2 Å². The first-order chi connectivity index (χ1) is 10.5. The molecule has 112 valence electrons. The van der Waals surface area contributed by atoms with Gasteiger partial charge in [-0.25, -0.2) is 9.18 Å². The molecule has 0 bridgehead atoms. The van der Waals surface area contributed by atoms with Gasteiger partial charge in [0, 0.05) is 0 Å². The first kappa shape index (κ1) is 14.3. The highest BCUT2D eigenvalue weighted by Gasteiger charge is 2.48. The molecule has 1 heterocycles. The molecule has 1 atom stereocenters. The van der Waals surface area contributed by atoms with E-state index in [9.17, 15) is 14.0 Å². The molecular formula is C17H15FN2O2.